The van der Waals surface area contributed by atoms with Crippen molar-refractivity contribution in [2.75, 3.05) is 7.11 Å². The zero-order valence-corrected chi connectivity index (χ0v) is 4.12. The van der Waals surface area contributed by atoms with Crippen molar-refractivity contribution < 1.29 is 4.74 Å². The lowest BCUT2D eigenvalue weighted by molar-refractivity contribution is 0.182. The standard InChI is InChI=1S/C3H7ClO.Mg.2H/c1-3(4)5-2;;;/h3H,1-2H3;;;. The van der Waals surface area contributed by atoms with Crippen LogP contribution in [0.2, 0.25) is 0 Å². The van der Waals surface area contributed by atoms with E-state index in [1.807, 2.05) is 0 Å². The smallest absolute Gasteiger partial charge is 0.316 e. The van der Waals surface area contributed by atoms with E-state index in [4.69, 9.17) is 11.6 Å². The number of ether oxygens (including phenoxy) is 1. The zero-order valence-electron chi connectivity index (χ0n) is 3.36. The van der Waals surface area contributed by atoms with Crippen LogP contribution >= 0.6 is 11.6 Å². The second kappa shape index (κ2) is 6.02. The van der Waals surface area contributed by atoms with E-state index < -0.39 is 0 Å². The maximum absolute atomic E-state index is 5.24. The maximum atomic E-state index is 5.24. The van der Waals surface area contributed by atoms with E-state index in [1.165, 1.54) is 0 Å². The molecule has 0 aromatic carbocycles. The third-order valence-electron chi connectivity index (χ3n) is 0.325. The topological polar surface area (TPSA) is 9.23 Å². The summed E-state index contributed by atoms with van der Waals surface area (Å²) in [6, 6.07) is 0. The lowest BCUT2D eigenvalue weighted by atomic mass is 10.9. The van der Waals surface area contributed by atoms with Crippen LogP contribution in [0.25, 0.3) is 0 Å². The summed E-state index contributed by atoms with van der Waals surface area (Å²) < 4.78 is 4.52. The molecule has 0 rings (SSSR count). The Morgan fingerprint density at radius 2 is 1.83 bits per heavy atom. The molecular formula is C3H9ClMgO. The molecule has 36 valence electrons. The van der Waals surface area contributed by atoms with Crippen LogP contribution in [0.5, 0.6) is 0 Å². The fourth-order valence-corrected chi connectivity index (χ4v) is 0. The van der Waals surface area contributed by atoms with Gasteiger partial charge in [0.1, 0.15) is 5.56 Å². The van der Waals surface area contributed by atoms with Crippen LogP contribution in [0.3, 0.4) is 0 Å². The minimum absolute atomic E-state index is 0. The molecule has 0 saturated carbocycles. The summed E-state index contributed by atoms with van der Waals surface area (Å²) in [5.74, 6) is 0. The first-order chi connectivity index (χ1) is 2.27. The molecular weight excluding hydrogens is 112 g/mol. The molecule has 0 heterocycles. The predicted octanol–water partition coefficient (Wildman–Crippen LogP) is 0.301. The number of hydrogen-bond donors (Lipinski definition) is 0. The lowest BCUT2D eigenvalue weighted by Crippen LogP contribution is -1.89. The van der Waals surface area contributed by atoms with E-state index in [0.29, 0.717) is 0 Å². The van der Waals surface area contributed by atoms with Crippen molar-refractivity contribution in [3.8, 4) is 0 Å². The molecule has 0 bridgehead atoms. The maximum Gasteiger partial charge on any atom is 0.316 e. The number of hydrogen-bond acceptors (Lipinski definition) is 1. The van der Waals surface area contributed by atoms with E-state index in [1.54, 1.807) is 14.0 Å². The van der Waals surface area contributed by atoms with Gasteiger partial charge in [0.05, 0.1) is 0 Å². The molecule has 0 aliphatic rings. The normalized spacial score (nSPS) is 12.5. The van der Waals surface area contributed by atoms with Crippen LogP contribution in [0.1, 0.15) is 6.92 Å². The Balaban J connectivity index is 0. The Morgan fingerprint density at radius 3 is 1.83 bits per heavy atom. The molecule has 0 aliphatic carbocycles. The quantitative estimate of drug-likeness (QED) is 0.358. The fraction of sp³-hybridized carbons (Fsp3) is 1.00. The number of methoxy groups -OCH3 is 1. The second-order valence-corrected chi connectivity index (χ2v) is 1.39. The van der Waals surface area contributed by atoms with E-state index in [-0.39, 0.29) is 28.6 Å². The summed E-state index contributed by atoms with van der Waals surface area (Å²) in [7, 11) is 1.57. The van der Waals surface area contributed by atoms with Crippen molar-refractivity contribution in [3.05, 3.63) is 0 Å². The highest BCUT2D eigenvalue weighted by Gasteiger charge is 1.82. The van der Waals surface area contributed by atoms with Gasteiger partial charge < -0.3 is 4.74 Å². The van der Waals surface area contributed by atoms with Gasteiger partial charge in [-0.3, -0.25) is 0 Å². The number of rotatable bonds is 1. The molecule has 0 amide bonds. The Hall–Kier alpha value is 1.02. The minimum Gasteiger partial charge on any atom is -0.366 e. The Morgan fingerprint density at radius 1 is 1.67 bits per heavy atom. The van der Waals surface area contributed by atoms with Crippen molar-refractivity contribution >= 4 is 34.7 Å². The van der Waals surface area contributed by atoms with Gasteiger partial charge in [-0.05, 0) is 6.92 Å². The van der Waals surface area contributed by atoms with E-state index in [9.17, 15) is 0 Å². The lowest BCUT2D eigenvalue weighted by Gasteiger charge is -1.91. The predicted molar refractivity (Wildman–Crippen MR) is 30.9 cm³/mol. The summed E-state index contributed by atoms with van der Waals surface area (Å²) in [5, 5.41) is 0. The minimum atomic E-state index is -0.144. The Kier molecular flexibility index (Phi) is 10.1. The Bertz CT molecular complexity index is 24.8. The van der Waals surface area contributed by atoms with E-state index in [2.05, 4.69) is 4.74 Å². The van der Waals surface area contributed by atoms with Crippen LogP contribution < -0.4 is 0 Å². The van der Waals surface area contributed by atoms with Gasteiger partial charge in [0.2, 0.25) is 0 Å². The molecule has 0 aromatic heterocycles. The molecule has 0 N–H and O–H groups in total. The van der Waals surface area contributed by atoms with E-state index in [0.717, 1.165) is 0 Å². The van der Waals surface area contributed by atoms with Crippen molar-refractivity contribution in [2.45, 2.75) is 12.5 Å². The first-order valence-corrected chi connectivity index (χ1v) is 1.88. The molecule has 1 unspecified atom stereocenters. The largest absolute Gasteiger partial charge is 0.366 e. The zero-order chi connectivity index (χ0) is 4.28. The molecule has 0 spiro atoms. The third-order valence-corrected chi connectivity index (χ3v) is 0.503. The van der Waals surface area contributed by atoms with Gasteiger partial charge >= 0.3 is 23.1 Å². The highest BCUT2D eigenvalue weighted by atomic mass is 35.5. The van der Waals surface area contributed by atoms with Gasteiger partial charge in [0.15, 0.2) is 0 Å². The van der Waals surface area contributed by atoms with Crippen LogP contribution in [-0.2, 0) is 4.74 Å². The third kappa shape index (κ3) is 8.89. The second-order valence-electron chi connectivity index (χ2n) is 0.779. The van der Waals surface area contributed by atoms with Gasteiger partial charge in [-0.25, -0.2) is 0 Å². The molecule has 0 aliphatic heterocycles. The van der Waals surface area contributed by atoms with Gasteiger partial charge in [0.25, 0.3) is 0 Å². The average molecular weight is 121 g/mol. The molecule has 0 fully saturated rings. The van der Waals surface area contributed by atoms with Gasteiger partial charge in [0, 0.05) is 7.11 Å². The average Bonchev–Trinajstić information content (AvgIpc) is 1.38. The highest BCUT2D eigenvalue weighted by molar-refractivity contribution is 6.19. The van der Waals surface area contributed by atoms with Gasteiger partial charge in [-0.2, -0.15) is 0 Å². The first kappa shape index (κ1) is 10.1. The molecule has 1 nitrogen and oxygen atoms in total. The number of halogens is 1. The molecule has 0 radical (unpaired) electrons. The van der Waals surface area contributed by atoms with Crippen molar-refractivity contribution in [1.29, 1.82) is 0 Å². The van der Waals surface area contributed by atoms with Crippen LogP contribution in [-0.4, -0.2) is 35.7 Å². The van der Waals surface area contributed by atoms with Crippen molar-refractivity contribution in [1.82, 2.24) is 0 Å². The fourth-order valence-electron chi connectivity index (χ4n) is 0. The van der Waals surface area contributed by atoms with Crippen LogP contribution in [0.15, 0.2) is 0 Å². The summed E-state index contributed by atoms with van der Waals surface area (Å²) in [4.78, 5) is 0. The molecule has 3 heteroatoms. The Labute approximate surface area is 59.2 Å². The summed E-state index contributed by atoms with van der Waals surface area (Å²) in [6.45, 7) is 1.77. The monoisotopic (exact) mass is 120 g/mol. The van der Waals surface area contributed by atoms with Gasteiger partial charge in [-0.15, -0.1) is 0 Å². The summed E-state index contributed by atoms with van der Waals surface area (Å²) in [6.07, 6.45) is 0. The van der Waals surface area contributed by atoms with Crippen molar-refractivity contribution in [3.63, 3.8) is 0 Å². The molecule has 1 atom stereocenters. The molecule has 0 saturated heterocycles. The summed E-state index contributed by atoms with van der Waals surface area (Å²) in [5.41, 5.74) is -0.144. The summed E-state index contributed by atoms with van der Waals surface area (Å²) >= 11 is 5.24. The van der Waals surface area contributed by atoms with Crippen LogP contribution in [0.4, 0.5) is 0 Å². The SMILES string of the molecule is COC(C)Cl.[MgH2]. The van der Waals surface area contributed by atoms with E-state index >= 15 is 0 Å². The molecule has 0 aromatic rings. The van der Waals surface area contributed by atoms with Crippen LogP contribution in [0, 0.1) is 0 Å². The van der Waals surface area contributed by atoms with Gasteiger partial charge in [-0.1, -0.05) is 11.6 Å². The van der Waals surface area contributed by atoms with Crippen molar-refractivity contribution in [2.24, 2.45) is 0 Å². The first-order valence-electron chi connectivity index (χ1n) is 1.44. The molecule has 6 heavy (non-hydrogen) atoms. The number of alkyl halides is 1. The highest BCUT2D eigenvalue weighted by Crippen LogP contribution is 1.89.